The van der Waals surface area contributed by atoms with Gasteiger partial charge < -0.3 is 32.0 Å². The molecule has 4 atom stereocenters. The van der Waals surface area contributed by atoms with Gasteiger partial charge in [0.2, 0.25) is 12.1 Å². The van der Waals surface area contributed by atoms with Gasteiger partial charge in [0.25, 0.3) is 0 Å². The molecular formula is C15H35K5N2O9. The fourth-order valence-electron chi connectivity index (χ4n) is 0.982. The topological polar surface area (TPSA) is 182 Å². The molecule has 4 unspecified atom stereocenters. The standard InChI is InChI=1S/C6H11NO5.C6H13NO3.C2H6O.CH4.5K.H/c1-3-12-6(9)5(8)4(2)7(10)11;1-3-10-6(9)5(8)4(2)7;1-2-3;;;;;;;/h4-5,8H,3H2,1-2H3;4-5,8H,3,7H2,1-2H3;3H,2H2,1H3;1H4;;;;;;/q;;;;;;;;+1;-1. The number of carbonyl (C=O) groups excluding carboxylic acids is 2. The average Bonchev–Trinajstić information content (AvgIpc) is 2.70. The van der Waals surface area contributed by atoms with Gasteiger partial charge in [-0.3, -0.25) is 10.1 Å². The van der Waals surface area contributed by atoms with Crippen molar-refractivity contribution in [3.05, 3.63) is 10.1 Å². The molecule has 0 aromatic carbocycles. The minimum atomic E-state index is -1.68. The van der Waals surface area contributed by atoms with Crippen LogP contribution in [0.2, 0.25) is 0 Å². The van der Waals surface area contributed by atoms with Crippen LogP contribution in [0.3, 0.4) is 0 Å². The predicted molar refractivity (Wildman–Crippen MR) is 119 cm³/mol. The summed E-state index contributed by atoms with van der Waals surface area (Å²) in [6, 6.07) is -1.90. The van der Waals surface area contributed by atoms with E-state index < -0.39 is 41.2 Å². The van der Waals surface area contributed by atoms with Crippen LogP contribution in [0.15, 0.2) is 0 Å². The van der Waals surface area contributed by atoms with Gasteiger partial charge in [0, 0.05) is 24.5 Å². The fraction of sp³-hybridized carbons (Fsp3) is 0.867. The third-order valence-corrected chi connectivity index (χ3v) is 2.34. The molecule has 0 aliphatic heterocycles. The molecule has 5 N–H and O–H groups in total. The Kier molecular flexibility index (Phi) is 75.1. The number of aliphatic hydroxyl groups is 3. The van der Waals surface area contributed by atoms with Crippen molar-refractivity contribution in [2.24, 2.45) is 5.73 Å². The van der Waals surface area contributed by atoms with Crippen molar-refractivity contribution in [3.8, 4) is 0 Å². The normalized spacial score (nSPS) is 12.0. The molecule has 0 saturated carbocycles. The van der Waals surface area contributed by atoms with Gasteiger partial charge in [0.15, 0.2) is 6.10 Å². The molecule has 0 aliphatic carbocycles. The van der Waals surface area contributed by atoms with Crippen LogP contribution >= 0.6 is 0 Å². The van der Waals surface area contributed by atoms with Gasteiger partial charge in [0.05, 0.1) is 13.2 Å². The number of rotatable bonds is 7. The van der Waals surface area contributed by atoms with Crippen molar-refractivity contribution in [1.82, 2.24) is 0 Å². The molecule has 0 amide bonds. The van der Waals surface area contributed by atoms with Crippen molar-refractivity contribution in [3.63, 3.8) is 0 Å². The number of hydrogen-bond donors (Lipinski definition) is 4. The Labute approximate surface area is 321 Å². The zero-order valence-electron chi connectivity index (χ0n) is 21.2. The first-order valence-corrected chi connectivity index (χ1v) is 41.7. The van der Waals surface area contributed by atoms with Gasteiger partial charge in [-0.2, -0.15) is 0 Å². The van der Waals surface area contributed by atoms with Gasteiger partial charge in [-0.05, 0) is 27.7 Å². The molecule has 0 fully saturated rings. The van der Waals surface area contributed by atoms with Crippen molar-refractivity contribution in [2.45, 2.75) is 66.3 Å². The number of ether oxygens (including phenoxy) is 2. The second-order valence-corrected chi connectivity index (χ2v) is 4.60. The van der Waals surface area contributed by atoms with Gasteiger partial charge in [-0.1, -0.05) is 7.43 Å². The number of nitro groups is 1. The maximum atomic E-state index is 10.7. The zero-order chi connectivity index (χ0) is 24.6. The molecule has 0 heterocycles. The zero-order valence-corrected chi connectivity index (χ0v) is 35.9. The van der Waals surface area contributed by atoms with E-state index in [2.05, 4.69) is 9.47 Å². The first kappa shape index (κ1) is 53.6. The van der Waals surface area contributed by atoms with Crippen LogP contribution in [-0.2, 0) is 19.1 Å². The van der Waals surface area contributed by atoms with E-state index in [0.29, 0.717) is 0 Å². The van der Waals surface area contributed by atoms with Crippen LogP contribution in [0.5, 0.6) is 0 Å². The molecule has 31 heavy (non-hydrogen) atoms. The SMILES string of the molecule is C.CCO.CCOC(=O)C(O)C(C)N.CCOC(=O)C(O)C(C)[N+](=O)[O-].[H-].[K+].[K][K].[K][K]. The molecule has 0 bridgehead atoms. The Morgan fingerprint density at radius 1 is 1.00 bits per heavy atom. The summed E-state index contributed by atoms with van der Waals surface area (Å²) in [5.74, 6) is -1.61. The third kappa shape index (κ3) is 41.0. The summed E-state index contributed by atoms with van der Waals surface area (Å²) >= 11 is 5.00. The molecule has 0 saturated heterocycles. The van der Waals surface area contributed by atoms with E-state index in [0.717, 1.165) is 6.92 Å². The van der Waals surface area contributed by atoms with Crippen molar-refractivity contribution < 1.29 is 92.1 Å². The molecular weight excluding hydrogens is 548 g/mol. The van der Waals surface area contributed by atoms with Gasteiger partial charge >= 0.3 is 190 Å². The number of hydrogen-bond acceptors (Lipinski definition) is 10. The van der Waals surface area contributed by atoms with E-state index in [1.54, 1.807) is 27.7 Å². The van der Waals surface area contributed by atoms with Crippen LogP contribution < -0.4 is 57.1 Å². The Bertz CT molecular complexity index is 404. The first-order valence-electron chi connectivity index (χ1n) is 9.70. The van der Waals surface area contributed by atoms with Crippen molar-refractivity contribution >= 4 is 138 Å². The molecule has 0 radical (unpaired) electrons. The number of nitrogens with two attached hydrogens (primary N) is 1. The van der Waals surface area contributed by atoms with Crippen LogP contribution in [0, 0.1) is 10.1 Å². The summed E-state index contributed by atoms with van der Waals surface area (Å²) < 4.78 is 8.88. The summed E-state index contributed by atoms with van der Waals surface area (Å²) in [6.45, 7) is 8.21. The summed E-state index contributed by atoms with van der Waals surface area (Å²) in [5.41, 5.74) is 5.22. The quantitative estimate of drug-likeness (QED) is 0.0982. The van der Waals surface area contributed by atoms with E-state index >= 15 is 0 Å². The molecule has 0 rings (SSSR count). The monoisotopic (exact) mass is 582 g/mol. The van der Waals surface area contributed by atoms with E-state index in [4.69, 9.17) is 21.1 Å². The fourth-order valence-corrected chi connectivity index (χ4v) is 0.982. The molecule has 0 aromatic rings. The summed E-state index contributed by atoms with van der Waals surface area (Å²) in [7, 11) is 0. The maximum absolute atomic E-state index is 10.7. The summed E-state index contributed by atoms with van der Waals surface area (Å²) in [4.78, 5) is 30.7. The Hall–Kier alpha value is 6.36. The van der Waals surface area contributed by atoms with E-state index in [1.165, 1.54) is 126 Å². The van der Waals surface area contributed by atoms with E-state index in [9.17, 15) is 19.7 Å². The second-order valence-electron chi connectivity index (χ2n) is 4.60. The number of aliphatic hydroxyl groups excluding tert-OH is 3. The Morgan fingerprint density at radius 3 is 1.45 bits per heavy atom. The number of nitrogens with zero attached hydrogens (tertiary/aromatic N) is 1. The van der Waals surface area contributed by atoms with Crippen molar-refractivity contribution in [2.75, 3.05) is 19.8 Å². The predicted octanol–water partition coefficient (Wildman–Crippen LogP) is -4.94. The summed E-state index contributed by atoms with van der Waals surface area (Å²) in [6.07, 6.45) is -2.88. The van der Waals surface area contributed by atoms with Crippen molar-refractivity contribution in [1.29, 1.82) is 0 Å². The van der Waals surface area contributed by atoms with Gasteiger partial charge in [-0.25, -0.2) is 9.59 Å². The summed E-state index contributed by atoms with van der Waals surface area (Å²) in [5, 5.41) is 35.6. The van der Waals surface area contributed by atoms with E-state index in [-0.39, 0.29) is 80.1 Å². The van der Waals surface area contributed by atoms with Gasteiger partial charge in [-0.15, -0.1) is 0 Å². The average molecular weight is 583 g/mol. The second kappa shape index (κ2) is 43.4. The molecule has 0 aromatic heterocycles. The Morgan fingerprint density at radius 2 is 1.26 bits per heavy atom. The number of carbonyl (C=O) groups is 2. The van der Waals surface area contributed by atoms with Crippen LogP contribution in [0.1, 0.15) is 43.5 Å². The van der Waals surface area contributed by atoms with E-state index in [1.807, 2.05) is 0 Å². The third-order valence-electron chi connectivity index (χ3n) is 2.34. The van der Waals surface area contributed by atoms with Crippen LogP contribution in [0.25, 0.3) is 0 Å². The minimum absolute atomic E-state index is 0. The molecule has 11 nitrogen and oxygen atoms in total. The number of esters is 2. The molecule has 0 aliphatic rings. The molecule has 164 valence electrons. The van der Waals surface area contributed by atoms with Gasteiger partial charge in [0.1, 0.15) is 0 Å². The van der Waals surface area contributed by atoms with Crippen LogP contribution in [0.4, 0.5) is 0 Å². The van der Waals surface area contributed by atoms with Crippen LogP contribution in [-0.4, -0.2) is 203 Å². The molecule has 0 spiro atoms. The molecule has 16 heteroatoms. The first-order chi connectivity index (χ1) is 13.5. The Balaban J connectivity index is -0.0000000438.